The summed E-state index contributed by atoms with van der Waals surface area (Å²) in [5, 5.41) is 11.3. The summed E-state index contributed by atoms with van der Waals surface area (Å²) in [5.74, 6) is -0.0657. The first-order chi connectivity index (χ1) is 8.65. The van der Waals surface area contributed by atoms with Crippen LogP contribution >= 0.6 is 0 Å². The summed E-state index contributed by atoms with van der Waals surface area (Å²) in [4.78, 5) is 25.6. The molecule has 0 bridgehead atoms. The van der Waals surface area contributed by atoms with Gasteiger partial charge in [0.2, 0.25) is 6.41 Å². The van der Waals surface area contributed by atoms with E-state index < -0.39 is 18.0 Å². The van der Waals surface area contributed by atoms with E-state index in [2.05, 4.69) is 10.3 Å². The molecule has 2 rings (SSSR count). The van der Waals surface area contributed by atoms with E-state index in [1.807, 2.05) is 0 Å². The van der Waals surface area contributed by atoms with Crippen LogP contribution in [0.25, 0.3) is 0 Å². The largest absolute Gasteiger partial charge is 0.393 e. The van der Waals surface area contributed by atoms with E-state index in [1.54, 1.807) is 12.2 Å². The maximum Gasteiger partial charge on any atom is 0.352 e. The molecule has 0 unspecified atom stereocenters. The van der Waals surface area contributed by atoms with Crippen molar-refractivity contribution < 1.29 is 14.6 Å². The van der Waals surface area contributed by atoms with Crippen LogP contribution < -0.4 is 16.7 Å². The van der Waals surface area contributed by atoms with E-state index >= 15 is 0 Å². The smallest absolute Gasteiger partial charge is 0.352 e. The Bertz CT molecular complexity index is 539. The van der Waals surface area contributed by atoms with Gasteiger partial charge in [0.25, 0.3) is 0 Å². The number of amides is 1. The second-order valence-electron chi connectivity index (χ2n) is 3.62. The van der Waals surface area contributed by atoms with Crippen LogP contribution in [-0.2, 0) is 9.53 Å². The van der Waals surface area contributed by atoms with Gasteiger partial charge in [0.1, 0.15) is 11.8 Å². The predicted molar refractivity (Wildman–Crippen MR) is 62.7 cm³/mol. The van der Waals surface area contributed by atoms with Gasteiger partial charge in [-0.3, -0.25) is 9.36 Å². The molecule has 0 radical (unpaired) electrons. The van der Waals surface area contributed by atoms with E-state index in [9.17, 15) is 9.59 Å². The number of aliphatic hydroxyl groups is 1. The normalized spacial score (nSPS) is 22.1. The molecular weight excluding hydrogens is 240 g/mol. The van der Waals surface area contributed by atoms with E-state index in [1.165, 1.54) is 10.8 Å². The molecule has 18 heavy (non-hydrogen) atoms. The molecule has 1 aromatic rings. The summed E-state index contributed by atoms with van der Waals surface area (Å²) in [7, 11) is 0. The fourth-order valence-corrected chi connectivity index (χ4v) is 1.59. The predicted octanol–water partition coefficient (Wildman–Crippen LogP) is -1.16. The summed E-state index contributed by atoms with van der Waals surface area (Å²) < 4.78 is 6.53. The van der Waals surface area contributed by atoms with E-state index in [-0.39, 0.29) is 18.1 Å². The van der Waals surface area contributed by atoms with Crippen molar-refractivity contribution in [2.45, 2.75) is 12.3 Å². The number of nitrogen functional groups attached to an aromatic ring is 1. The summed E-state index contributed by atoms with van der Waals surface area (Å²) in [6.45, 7) is -0.177. The minimum absolute atomic E-state index is 0.0657. The van der Waals surface area contributed by atoms with Gasteiger partial charge in [-0.2, -0.15) is 4.98 Å². The van der Waals surface area contributed by atoms with Gasteiger partial charge in [0.05, 0.1) is 6.61 Å². The van der Waals surface area contributed by atoms with Crippen molar-refractivity contribution in [1.29, 1.82) is 0 Å². The average Bonchev–Trinajstić information content (AvgIpc) is 2.81. The lowest BCUT2D eigenvalue weighted by Crippen LogP contribution is -2.29. The fraction of sp³-hybridized carbons (Fsp3) is 0.300. The molecule has 0 aliphatic carbocycles. The standard InChI is InChI=1S/C10H12N4O4/c11-9-7(12-5-16)3-14(10(17)13-9)8-2-1-6(4-15)18-8/h1-3,5-6,8,15H,4H2,(H,12,16)(H2,11,13,17)/t6-,8+/m0/s1. The number of carbonyl (C=O) groups is 1. The van der Waals surface area contributed by atoms with Gasteiger partial charge in [0.15, 0.2) is 12.0 Å². The molecule has 8 nitrogen and oxygen atoms in total. The number of carbonyl (C=O) groups excluding carboxylic acids is 1. The number of nitrogens with zero attached hydrogens (tertiary/aromatic N) is 2. The van der Waals surface area contributed by atoms with Crippen molar-refractivity contribution in [3.05, 3.63) is 28.8 Å². The van der Waals surface area contributed by atoms with Crippen molar-refractivity contribution in [3.8, 4) is 0 Å². The van der Waals surface area contributed by atoms with Crippen LogP contribution in [-0.4, -0.2) is 33.8 Å². The molecule has 1 aromatic heterocycles. The molecule has 2 heterocycles. The summed E-state index contributed by atoms with van der Waals surface area (Å²) in [5.41, 5.74) is 5.10. The zero-order chi connectivity index (χ0) is 13.1. The molecule has 1 aliphatic heterocycles. The topological polar surface area (TPSA) is 119 Å². The van der Waals surface area contributed by atoms with Gasteiger partial charge >= 0.3 is 5.69 Å². The van der Waals surface area contributed by atoms with Crippen LogP contribution in [0.3, 0.4) is 0 Å². The highest BCUT2D eigenvalue weighted by Gasteiger charge is 2.21. The maximum atomic E-state index is 11.7. The van der Waals surface area contributed by atoms with Gasteiger partial charge in [-0.15, -0.1) is 0 Å². The van der Waals surface area contributed by atoms with Crippen LogP contribution in [0.1, 0.15) is 6.23 Å². The van der Waals surface area contributed by atoms with Crippen molar-refractivity contribution in [2.24, 2.45) is 0 Å². The number of ether oxygens (including phenoxy) is 1. The Morgan fingerprint density at radius 2 is 2.39 bits per heavy atom. The Hall–Kier alpha value is -2.19. The van der Waals surface area contributed by atoms with E-state index in [4.69, 9.17) is 15.6 Å². The van der Waals surface area contributed by atoms with Gasteiger partial charge < -0.3 is 20.9 Å². The molecule has 96 valence electrons. The SMILES string of the molecule is Nc1nc(=O)n([C@H]2C=C[C@@H](CO)O2)cc1NC=O. The molecule has 0 saturated heterocycles. The second-order valence-corrected chi connectivity index (χ2v) is 3.62. The van der Waals surface area contributed by atoms with Crippen LogP contribution in [0.5, 0.6) is 0 Å². The number of hydrogen-bond acceptors (Lipinski definition) is 6. The van der Waals surface area contributed by atoms with E-state index in [0.29, 0.717) is 6.41 Å². The van der Waals surface area contributed by atoms with Crippen LogP contribution in [0.15, 0.2) is 23.1 Å². The highest BCUT2D eigenvalue weighted by Crippen LogP contribution is 2.21. The summed E-state index contributed by atoms with van der Waals surface area (Å²) in [6.07, 6.45) is 3.90. The lowest BCUT2D eigenvalue weighted by molar-refractivity contribution is -0.105. The molecule has 8 heteroatoms. The highest BCUT2D eigenvalue weighted by molar-refractivity contribution is 5.76. The average molecular weight is 252 g/mol. The van der Waals surface area contributed by atoms with Gasteiger partial charge in [-0.25, -0.2) is 4.79 Å². The van der Waals surface area contributed by atoms with Crippen molar-refractivity contribution in [1.82, 2.24) is 9.55 Å². The summed E-state index contributed by atoms with van der Waals surface area (Å²) in [6, 6.07) is 0. The third-order valence-electron chi connectivity index (χ3n) is 2.45. The van der Waals surface area contributed by atoms with Crippen molar-refractivity contribution >= 4 is 17.9 Å². The zero-order valence-electron chi connectivity index (χ0n) is 9.31. The monoisotopic (exact) mass is 252 g/mol. The molecule has 1 aliphatic rings. The van der Waals surface area contributed by atoms with Crippen LogP contribution in [0.2, 0.25) is 0 Å². The third-order valence-corrected chi connectivity index (χ3v) is 2.45. The second kappa shape index (κ2) is 4.98. The van der Waals surface area contributed by atoms with Gasteiger partial charge in [-0.1, -0.05) is 6.08 Å². The molecule has 4 N–H and O–H groups in total. The maximum absolute atomic E-state index is 11.7. The molecule has 2 atom stereocenters. The Morgan fingerprint density at radius 1 is 1.61 bits per heavy atom. The zero-order valence-corrected chi connectivity index (χ0v) is 9.31. The Morgan fingerprint density at radius 3 is 3.00 bits per heavy atom. The molecule has 0 spiro atoms. The minimum atomic E-state index is -0.671. The molecular formula is C10H12N4O4. The number of aliphatic hydroxyl groups excluding tert-OH is 1. The molecule has 0 fully saturated rings. The van der Waals surface area contributed by atoms with E-state index in [0.717, 1.165) is 0 Å². The number of rotatable bonds is 4. The first-order valence-electron chi connectivity index (χ1n) is 5.19. The number of hydrogen-bond donors (Lipinski definition) is 3. The van der Waals surface area contributed by atoms with Crippen LogP contribution in [0, 0.1) is 0 Å². The first kappa shape index (κ1) is 12.3. The lowest BCUT2D eigenvalue weighted by Gasteiger charge is -2.16. The lowest BCUT2D eigenvalue weighted by atomic mass is 10.4. The number of nitrogens with two attached hydrogens (primary N) is 1. The Labute approximate surface area is 102 Å². The highest BCUT2D eigenvalue weighted by atomic mass is 16.5. The molecule has 0 saturated carbocycles. The Kier molecular flexibility index (Phi) is 3.40. The number of nitrogens with one attached hydrogen (secondary N) is 1. The molecule has 1 amide bonds. The van der Waals surface area contributed by atoms with Gasteiger partial charge in [0, 0.05) is 6.20 Å². The fourth-order valence-electron chi connectivity index (χ4n) is 1.59. The first-order valence-corrected chi connectivity index (χ1v) is 5.19. The quantitative estimate of drug-likeness (QED) is 0.459. The third kappa shape index (κ3) is 2.24. The number of aromatic nitrogens is 2. The van der Waals surface area contributed by atoms with Gasteiger partial charge in [-0.05, 0) is 6.08 Å². The number of anilines is 2. The minimum Gasteiger partial charge on any atom is -0.393 e. The Balaban J connectivity index is 2.34. The summed E-state index contributed by atoms with van der Waals surface area (Å²) >= 11 is 0. The van der Waals surface area contributed by atoms with Crippen molar-refractivity contribution in [2.75, 3.05) is 17.7 Å². The van der Waals surface area contributed by atoms with Crippen molar-refractivity contribution in [3.63, 3.8) is 0 Å². The molecule has 0 aromatic carbocycles. The van der Waals surface area contributed by atoms with Crippen LogP contribution in [0.4, 0.5) is 11.5 Å².